The molecule has 0 aliphatic rings. The fraction of sp³-hybridized carbons (Fsp3) is 0.259. The Bertz CT molecular complexity index is 1010. The third-order valence-electron chi connectivity index (χ3n) is 5.33. The highest BCUT2D eigenvalue weighted by molar-refractivity contribution is 5.87. The van der Waals surface area contributed by atoms with E-state index in [0.717, 1.165) is 16.9 Å². The second-order valence-electron chi connectivity index (χ2n) is 7.73. The Balaban J connectivity index is 1.74. The van der Waals surface area contributed by atoms with Gasteiger partial charge in [-0.15, -0.1) is 0 Å². The Kier molecular flexibility index (Phi) is 9.00. The number of ether oxygens (including phenoxy) is 1. The molecule has 0 saturated heterocycles. The molecule has 0 bridgehead atoms. The van der Waals surface area contributed by atoms with Crippen LogP contribution in [-0.4, -0.2) is 36.4 Å². The van der Waals surface area contributed by atoms with Crippen molar-refractivity contribution in [2.45, 2.75) is 31.8 Å². The van der Waals surface area contributed by atoms with Crippen molar-refractivity contribution < 1.29 is 18.7 Å². The first-order chi connectivity index (χ1) is 16.1. The molecule has 5 nitrogen and oxygen atoms in total. The Labute approximate surface area is 194 Å². The lowest BCUT2D eigenvalue weighted by molar-refractivity contribution is -0.141. The van der Waals surface area contributed by atoms with Crippen molar-refractivity contribution in [1.82, 2.24) is 10.2 Å². The number of hydrogen-bond donors (Lipinski definition) is 1. The van der Waals surface area contributed by atoms with Gasteiger partial charge in [-0.2, -0.15) is 0 Å². The van der Waals surface area contributed by atoms with Crippen molar-refractivity contribution in [1.29, 1.82) is 0 Å². The normalized spacial score (nSPS) is 11.5. The van der Waals surface area contributed by atoms with Crippen molar-refractivity contribution in [3.05, 3.63) is 102 Å². The minimum atomic E-state index is -0.690. The minimum Gasteiger partial charge on any atom is -0.494 e. The molecule has 0 fully saturated rings. The van der Waals surface area contributed by atoms with Gasteiger partial charge in [0.2, 0.25) is 11.8 Å². The standard InChI is InChI=1S/C27H29FN2O3/c1-29-27(32)25(19-21-9-4-2-5-10-21)30(20-22-14-16-23(28)17-15-22)26(31)13-8-18-33-24-11-6-3-7-12-24/h2-7,9-12,14-17,25H,8,13,18-20H2,1H3,(H,29,32)/t25-/m0/s1. The zero-order chi connectivity index (χ0) is 23.5. The van der Waals surface area contributed by atoms with E-state index >= 15 is 0 Å². The van der Waals surface area contributed by atoms with E-state index in [1.54, 1.807) is 24.1 Å². The van der Waals surface area contributed by atoms with Crippen LogP contribution in [0.2, 0.25) is 0 Å². The van der Waals surface area contributed by atoms with E-state index in [1.165, 1.54) is 12.1 Å². The van der Waals surface area contributed by atoms with E-state index in [2.05, 4.69) is 5.32 Å². The van der Waals surface area contributed by atoms with Crippen LogP contribution in [0.4, 0.5) is 4.39 Å². The molecule has 0 aromatic heterocycles. The van der Waals surface area contributed by atoms with Crippen molar-refractivity contribution in [3.63, 3.8) is 0 Å². The lowest BCUT2D eigenvalue weighted by atomic mass is 10.0. The SMILES string of the molecule is CNC(=O)[C@H](Cc1ccccc1)N(Cc1ccc(F)cc1)C(=O)CCCOc1ccccc1. The molecule has 0 saturated carbocycles. The summed E-state index contributed by atoms with van der Waals surface area (Å²) in [7, 11) is 1.56. The summed E-state index contributed by atoms with van der Waals surface area (Å²) in [6, 6.07) is 24.3. The first-order valence-corrected chi connectivity index (χ1v) is 11.0. The van der Waals surface area contributed by atoms with Crippen LogP contribution in [-0.2, 0) is 22.6 Å². The number of carbonyl (C=O) groups excluding carboxylic acids is 2. The number of para-hydroxylation sites is 1. The molecule has 0 aliphatic carbocycles. The molecule has 0 unspecified atom stereocenters. The first kappa shape index (κ1) is 24.0. The molecule has 2 amide bonds. The minimum absolute atomic E-state index is 0.152. The van der Waals surface area contributed by atoms with Crippen LogP contribution < -0.4 is 10.1 Å². The summed E-state index contributed by atoms with van der Waals surface area (Å²) in [6.45, 7) is 0.604. The zero-order valence-corrected chi connectivity index (χ0v) is 18.7. The zero-order valence-electron chi connectivity index (χ0n) is 18.7. The second-order valence-corrected chi connectivity index (χ2v) is 7.73. The van der Waals surface area contributed by atoms with Crippen LogP contribution >= 0.6 is 0 Å². The maximum atomic E-state index is 13.4. The molecule has 0 radical (unpaired) electrons. The Morgan fingerprint density at radius 3 is 2.18 bits per heavy atom. The second kappa shape index (κ2) is 12.4. The predicted octanol–water partition coefficient (Wildman–Crippen LogP) is 4.37. The molecule has 6 heteroatoms. The summed E-state index contributed by atoms with van der Waals surface area (Å²) in [4.78, 5) is 27.7. The molecular weight excluding hydrogens is 419 g/mol. The van der Waals surface area contributed by atoms with Crippen molar-refractivity contribution in [2.75, 3.05) is 13.7 Å². The van der Waals surface area contributed by atoms with Crippen LogP contribution in [0, 0.1) is 5.82 Å². The smallest absolute Gasteiger partial charge is 0.242 e. The van der Waals surface area contributed by atoms with Gasteiger partial charge in [-0.3, -0.25) is 9.59 Å². The molecule has 0 heterocycles. The highest BCUT2D eigenvalue weighted by atomic mass is 19.1. The number of halogens is 1. The number of nitrogens with zero attached hydrogens (tertiary/aromatic N) is 1. The van der Waals surface area contributed by atoms with E-state index in [9.17, 15) is 14.0 Å². The number of hydrogen-bond acceptors (Lipinski definition) is 3. The predicted molar refractivity (Wildman–Crippen MR) is 126 cm³/mol. The van der Waals surface area contributed by atoms with E-state index in [0.29, 0.717) is 19.4 Å². The number of rotatable bonds is 11. The van der Waals surface area contributed by atoms with Crippen LogP contribution in [0.15, 0.2) is 84.9 Å². The third kappa shape index (κ3) is 7.45. The molecule has 1 atom stereocenters. The van der Waals surface area contributed by atoms with Gasteiger partial charge in [-0.05, 0) is 41.8 Å². The van der Waals surface area contributed by atoms with Gasteiger partial charge in [0.05, 0.1) is 6.61 Å². The van der Waals surface area contributed by atoms with Gasteiger partial charge >= 0.3 is 0 Å². The number of likely N-dealkylation sites (N-methyl/N-ethyl adjacent to an activating group) is 1. The van der Waals surface area contributed by atoms with Crippen LogP contribution in [0.5, 0.6) is 5.75 Å². The summed E-state index contributed by atoms with van der Waals surface area (Å²) >= 11 is 0. The maximum absolute atomic E-state index is 13.4. The van der Waals surface area contributed by atoms with Crippen molar-refractivity contribution in [2.24, 2.45) is 0 Å². The highest BCUT2D eigenvalue weighted by Crippen LogP contribution is 2.17. The van der Waals surface area contributed by atoms with Gasteiger partial charge in [0.15, 0.2) is 0 Å². The first-order valence-electron chi connectivity index (χ1n) is 11.0. The van der Waals surface area contributed by atoms with E-state index in [1.807, 2.05) is 60.7 Å². The highest BCUT2D eigenvalue weighted by Gasteiger charge is 2.29. The van der Waals surface area contributed by atoms with Crippen LogP contribution in [0.1, 0.15) is 24.0 Å². The summed E-state index contributed by atoms with van der Waals surface area (Å²) in [6.07, 6.45) is 1.13. The van der Waals surface area contributed by atoms with Gasteiger partial charge in [0.25, 0.3) is 0 Å². The van der Waals surface area contributed by atoms with Gasteiger partial charge < -0.3 is 15.0 Å². The summed E-state index contributed by atoms with van der Waals surface area (Å²) in [5.74, 6) is 0.0117. The molecule has 1 N–H and O–H groups in total. The lowest BCUT2D eigenvalue weighted by Crippen LogP contribution is -2.49. The summed E-state index contributed by atoms with van der Waals surface area (Å²) < 4.78 is 19.1. The van der Waals surface area contributed by atoms with Gasteiger partial charge in [0, 0.05) is 26.4 Å². The fourth-order valence-electron chi connectivity index (χ4n) is 3.58. The molecule has 172 valence electrons. The molecule has 0 aliphatic heterocycles. The third-order valence-corrected chi connectivity index (χ3v) is 5.33. The number of amides is 2. The average Bonchev–Trinajstić information content (AvgIpc) is 2.86. The van der Waals surface area contributed by atoms with E-state index in [-0.39, 0.29) is 30.6 Å². The van der Waals surface area contributed by atoms with Crippen molar-refractivity contribution >= 4 is 11.8 Å². The largest absolute Gasteiger partial charge is 0.494 e. The molecule has 33 heavy (non-hydrogen) atoms. The lowest BCUT2D eigenvalue weighted by Gasteiger charge is -2.31. The van der Waals surface area contributed by atoms with Crippen LogP contribution in [0.3, 0.4) is 0 Å². The molecule has 3 rings (SSSR count). The molecule has 3 aromatic carbocycles. The number of nitrogens with one attached hydrogen (secondary N) is 1. The van der Waals surface area contributed by atoms with Crippen LogP contribution in [0.25, 0.3) is 0 Å². The number of benzene rings is 3. The fourth-order valence-corrected chi connectivity index (χ4v) is 3.58. The summed E-state index contributed by atoms with van der Waals surface area (Å²) in [5, 5.41) is 2.69. The molecule has 3 aromatic rings. The van der Waals surface area contributed by atoms with Gasteiger partial charge in [-0.1, -0.05) is 60.7 Å². The Hall–Kier alpha value is -3.67. The molecular formula is C27H29FN2O3. The Morgan fingerprint density at radius 2 is 1.55 bits per heavy atom. The van der Waals surface area contributed by atoms with E-state index in [4.69, 9.17) is 4.74 Å². The number of carbonyl (C=O) groups is 2. The van der Waals surface area contributed by atoms with Gasteiger partial charge in [0.1, 0.15) is 17.6 Å². The summed E-state index contributed by atoms with van der Waals surface area (Å²) in [5.41, 5.74) is 1.71. The Morgan fingerprint density at radius 1 is 0.909 bits per heavy atom. The quantitative estimate of drug-likeness (QED) is 0.443. The monoisotopic (exact) mass is 448 g/mol. The van der Waals surface area contributed by atoms with Crippen molar-refractivity contribution in [3.8, 4) is 5.75 Å². The van der Waals surface area contributed by atoms with E-state index < -0.39 is 6.04 Å². The van der Waals surface area contributed by atoms with Gasteiger partial charge in [-0.25, -0.2) is 4.39 Å². The maximum Gasteiger partial charge on any atom is 0.242 e. The average molecular weight is 449 g/mol. The molecule has 0 spiro atoms. The topological polar surface area (TPSA) is 58.6 Å².